The summed E-state index contributed by atoms with van der Waals surface area (Å²) in [4.78, 5) is 0. The van der Waals surface area contributed by atoms with Crippen LogP contribution in [0, 0.1) is 41.4 Å². The van der Waals surface area contributed by atoms with Gasteiger partial charge in [0, 0.05) is 0 Å². The Morgan fingerprint density at radius 1 is 0.632 bits per heavy atom. The second-order valence-corrected chi connectivity index (χ2v) is 13.4. The lowest BCUT2D eigenvalue weighted by Gasteiger charge is -2.32. The highest BCUT2D eigenvalue weighted by molar-refractivity contribution is 5.08. The van der Waals surface area contributed by atoms with Gasteiger partial charge in [-0.1, -0.05) is 121 Å². The van der Waals surface area contributed by atoms with E-state index in [-0.39, 0.29) is 0 Å². The van der Waals surface area contributed by atoms with Gasteiger partial charge in [0.2, 0.25) is 0 Å². The largest absolute Gasteiger partial charge is 0.0885 e. The monoisotopic (exact) mass is 525 g/mol. The van der Waals surface area contributed by atoms with E-state index in [9.17, 15) is 0 Å². The molecule has 0 N–H and O–H groups in total. The Kier molecular flexibility index (Phi) is 18.3. The number of hydrogen-bond donors (Lipinski definition) is 0. The number of rotatable bonds is 4. The highest BCUT2D eigenvalue weighted by atomic mass is 14.3. The van der Waals surface area contributed by atoms with Gasteiger partial charge in [0.1, 0.15) is 0 Å². The molecule has 0 amide bonds. The molecule has 0 heterocycles. The molecule has 0 aromatic rings. The summed E-state index contributed by atoms with van der Waals surface area (Å²) in [6.07, 6.45) is 29.6. The van der Waals surface area contributed by atoms with Gasteiger partial charge in [0.15, 0.2) is 0 Å². The summed E-state index contributed by atoms with van der Waals surface area (Å²) in [5.74, 6) is 6.43. The highest BCUT2D eigenvalue weighted by Gasteiger charge is 2.24. The minimum Gasteiger partial charge on any atom is -0.0885 e. The van der Waals surface area contributed by atoms with Gasteiger partial charge in [-0.25, -0.2) is 0 Å². The van der Waals surface area contributed by atoms with E-state index in [1.165, 1.54) is 83.5 Å². The maximum atomic E-state index is 2.45. The lowest BCUT2D eigenvalue weighted by molar-refractivity contribution is 0.264. The third-order valence-electron chi connectivity index (χ3n) is 10.1. The molecule has 4 rings (SSSR count). The zero-order chi connectivity index (χ0) is 28.5. The van der Waals surface area contributed by atoms with E-state index in [0.29, 0.717) is 0 Å². The predicted octanol–water partition coefficient (Wildman–Crippen LogP) is 12.9. The van der Waals surface area contributed by atoms with E-state index >= 15 is 0 Å². The molecule has 0 radical (unpaired) electrons. The molecule has 0 nitrogen and oxygen atoms in total. The lowest BCUT2D eigenvalue weighted by Crippen LogP contribution is -2.22. The summed E-state index contributed by atoms with van der Waals surface area (Å²) in [5, 5.41) is 0. The minimum atomic E-state index is 0.809. The molecule has 7 atom stereocenters. The van der Waals surface area contributed by atoms with Gasteiger partial charge in [-0.2, -0.15) is 0 Å². The first-order chi connectivity index (χ1) is 18.1. The van der Waals surface area contributed by atoms with Gasteiger partial charge in [-0.15, -0.1) is 0 Å². The Balaban J connectivity index is 0.000000255. The fourth-order valence-corrected chi connectivity index (χ4v) is 7.13. The van der Waals surface area contributed by atoms with Crippen LogP contribution in [0.4, 0.5) is 0 Å². The second-order valence-electron chi connectivity index (χ2n) is 13.4. The molecule has 7 unspecified atom stereocenters. The molecule has 38 heavy (non-hydrogen) atoms. The second kappa shape index (κ2) is 19.9. The highest BCUT2D eigenvalue weighted by Crippen LogP contribution is 2.35. The van der Waals surface area contributed by atoms with E-state index in [1.807, 2.05) is 0 Å². The van der Waals surface area contributed by atoms with Crippen molar-refractivity contribution in [3.8, 4) is 0 Å². The molecule has 0 aliphatic heterocycles. The van der Waals surface area contributed by atoms with Crippen molar-refractivity contribution in [3.05, 3.63) is 47.1 Å². The summed E-state index contributed by atoms with van der Waals surface area (Å²) in [6.45, 7) is 23.0. The number of hydrogen-bond acceptors (Lipinski definition) is 0. The smallest absolute Gasteiger partial charge is 0.0228 e. The molecule has 220 valence electrons. The Labute approximate surface area is 240 Å². The SMILES string of the molecule is CCC1C(C)C=C(C)CC1C.CCC1CC=C(C)CC1.CCC1CC=CCC1.CCC1CCC(C)=CC1C. The van der Waals surface area contributed by atoms with Crippen molar-refractivity contribution < 1.29 is 0 Å². The van der Waals surface area contributed by atoms with Crippen molar-refractivity contribution in [2.24, 2.45) is 41.4 Å². The molecule has 0 aromatic carbocycles. The van der Waals surface area contributed by atoms with Gasteiger partial charge in [-0.3, -0.25) is 0 Å². The van der Waals surface area contributed by atoms with Crippen LogP contribution < -0.4 is 0 Å². The molecule has 0 fully saturated rings. The zero-order valence-corrected chi connectivity index (χ0v) is 27.6. The molecule has 0 spiro atoms. The van der Waals surface area contributed by atoms with Crippen LogP contribution in [0.3, 0.4) is 0 Å². The predicted molar refractivity (Wildman–Crippen MR) is 175 cm³/mol. The summed E-state index contributed by atoms with van der Waals surface area (Å²) in [7, 11) is 0. The molecule has 0 bridgehead atoms. The summed E-state index contributed by atoms with van der Waals surface area (Å²) in [6, 6.07) is 0. The minimum absolute atomic E-state index is 0.809. The fourth-order valence-electron chi connectivity index (χ4n) is 7.13. The van der Waals surface area contributed by atoms with Crippen LogP contribution in [0.25, 0.3) is 0 Å². The first-order valence-electron chi connectivity index (χ1n) is 16.8. The van der Waals surface area contributed by atoms with Crippen LogP contribution in [0.2, 0.25) is 0 Å². The van der Waals surface area contributed by atoms with Crippen molar-refractivity contribution in [3.63, 3.8) is 0 Å². The third kappa shape index (κ3) is 13.8. The van der Waals surface area contributed by atoms with Crippen LogP contribution in [-0.4, -0.2) is 0 Å². The first kappa shape index (κ1) is 35.0. The molecular formula is C38H68. The maximum absolute atomic E-state index is 2.45. The summed E-state index contributed by atoms with van der Waals surface area (Å²) < 4.78 is 0. The van der Waals surface area contributed by atoms with Gasteiger partial charge < -0.3 is 0 Å². The standard InChI is InChI=1S/C11H20.C10H18.C9H16.C8H14/c1-5-11-9(3)6-8(2)7-10(11)4;1-4-10-6-5-8(2)7-9(10)3;1-3-9-6-4-8(2)5-7-9;1-2-8-6-4-3-5-7-8/h6,9-11H,5,7H2,1-4H3;7,9-10H,4-6H2,1-3H3;4,9H,3,5-7H2,1-2H3;3-4,8H,2,5-7H2,1H3. The fraction of sp³-hybridized carbons (Fsp3) is 0.789. The van der Waals surface area contributed by atoms with Gasteiger partial charge in [-0.05, 0) is 120 Å². The van der Waals surface area contributed by atoms with E-state index in [2.05, 4.69) is 99.6 Å². The number of allylic oxidation sites excluding steroid dienone is 8. The van der Waals surface area contributed by atoms with E-state index in [0.717, 1.165) is 41.4 Å². The van der Waals surface area contributed by atoms with Gasteiger partial charge in [0.05, 0.1) is 0 Å². The van der Waals surface area contributed by atoms with Crippen molar-refractivity contribution in [1.82, 2.24) is 0 Å². The average Bonchev–Trinajstić information content (AvgIpc) is 2.90. The molecule has 4 aliphatic rings. The van der Waals surface area contributed by atoms with Crippen molar-refractivity contribution in [1.29, 1.82) is 0 Å². The normalized spacial score (nSPS) is 32.6. The maximum Gasteiger partial charge on any atom is -0.0228 e. The van der Waals surface area contributed by atoms with Gasteiger partial charge >= 0.3 is 0 Å². The van der Waals surface area contributed by atoms with E-state index in [1.54, 1.807) is 16.7 Å². The third-order valence-corrected chi connectivity index (χ3v) is 10.1. The Morgan fingerprint density at radius 3 is 1.71 bits per heavy atom. The first-order valence-corrected chi connectivity index (χ1v) is 16.8. The molecule has 0 aromatic heterocycles. The van der Waals surface area contributed by atoms with Crippen molar-refractivity contribution in [2.75, 3.05) is 0 Å². The Bertz CT molecular complexity index is 731. The van der Waals surface area contributed by atoms with Crippen LogP contribution in [0.15, 0.2) is 47.1 Å². The molecular weight excluding hydrogens is 456 g/mol. The summed E-state index contributed by atoms with van der Waals surface area (Å²) >= 11 is 0. The van der Waals surface area contributed by atoms with Crippen molar-refractivity contribution >= 4 is 0 Å². The Hall–Kier alpha value is -1.04. The molecule has 0 heteroatoms. The molecule has 4 aliphatic carbocycles. The molecule has 0 saturated carbocycles. The van der Waals surface area contributed by atoms with Crippen LogP contribution in [0.5, 0.6) is 0 Å². The molecule has 0 saturated heterocycles. The summed E-state index contributed by atoms with van der Waals surface area (Å²) in [5.41, 5.74) is 4.78. The van der Waals surface area contributed by atoms with Gasteiger partial charge in [0.25, 0.3) is 0 Å². The topological polar surface area (TPSA) is 0 Å². The quantitative estimate of drug-likeness (QED) is 0.321. The van der Waals surface area contributed by atoms with Crippen LogP contribution >= 0.6 is 0 Å². The Morgan fingerprint density at radius 2 is 1.26 bits per heavy atom. The van der Waals surface area contributed by atoms with Crippen LogP contribution in [-0.2, 0) is 0 Å². The zero-order valence-electron chi connectivity index (χ0n) is 27.6. The van der Waals surface area contributed by atoms with E-state index in [4.69, 9.17) is 0 Å². The van der Waals surface area contributed by atoms with Crippen LogP contribution in [0.1, 0.15) is 153 Å². The van der Waals surface area contributed by atoms with E-state index < -0.39 is 0 Å². The lowest BCUT2D eigenvalue weighted by atomic mass is 9.74. The average molecular weight is 525 g/mol. The van der Waals surface area contributed by atoms with Crippen molar-refractivity contribution in [2.45, 2.75) is 153 Å².